The van der Waals surface area contributed by atoms with Crippen LogP contribution in [0.25, 0.3) is 0 Å². The van der Waals surface area contributed by atoms with E-state index in [1.807, 2.05) is 13.8 Å². The van der Waals surface area contributed by atoms with Gasteiger partial charge in [-0.3, -0.25) is 9.59 Å². The third-order valence-corrected chi connectivity index (χ3v) is 4.15. The molecule has 0 radical (unpaired) electrons. The van der Waals surface area contributed by atoms with Gasteiger partial charge in [-0.15, -0.1) is 0 Å². The van der Waals surface area contributed by atoms with Crippen LogP contribution in [0.4, 0.5) is 5.69 Å². The Hall–Kier alpha value is -2.66. The number of carbonyl (C=O) groups is 3. The van der Waals surface area contributed by atoms with Crippen molar-refractivity contribution < 1.29 is 19.1 Å². The number of Topliss-reactive ketones (excluding diaryl/α,β-unsaturated/α-hetero) is 1. The van der Waals surface area contributed by atoms with Gasteiger partial charge in [0.15, 0.2) is 5.78 Å². The van der Waals surface area contributed by atoms with Crippen LogP contribution >= 0.6 is 11.6 Å². The van der Waals surface area contributed by atoms with Crippen molar-refractivity contribution in [1.82, 2.24) is 0 Å². The molecule has 2 rings (SSSR count). The highest BCUT2D eigenvalue weighted by molar-refractivity contribution is 6.34. The Morgan fingerprint density at radius 1 is 1.04 bits per heavy atom. The highest BCUT2D eigenvalue weighted by Crippen LogP contribution is 2.24. The average molecular weight is 388 g/mol. The molecular weight excluding hydrogens is 366 g/mol. The number of ketones is 1. The number of nitrogens with one attached hydrogen (secondary N) is 1. The number of hydrogen-bond acceptors (Lipinski definition) is 4. The smallest absolute Gasteiger partial charge is 0.338 e. The molecule has 5 nitrogen and oxygen atoms in total. The summed E-state index contributed by atoms with van der Waals surface area (Å²) in [5, 5.41) is 2.85. The van der Waals surface area contributed by atoms with Gasteiger partial charge in [0.05, 0.1) is 29.3 Å². The van der Waals surface area contributed by atoms with Crippen molar-refractivity contribution in [2.24, 2.45) is 5.92 Å². The van der Waals surface area contributed by atoms with Crippen LogP contribution in [0.1, 0.15) is 47.4 Å². The van der Waals surface area contributed by atoms with Crippen LogP contribution in [-0.4, -0.2) is 24.3 Å². The number of ether oxygens (including phenoxy) is 1. The Labute approximate surface area is 163 Å². The van der Waals surface area contributed by atoms with Gasteiger partial charge < -0.3 is 10.1 Å². The van der Waals surface area contributed by atoms with Crippen LogP contribution in [0.15, 0.2) is 48.5 Å². The van der Waals surface area contributed by atoms with Gasteiger partial charge >= 0.3 is 5.97 Å². The van der Waals surface area contributed by atoms with Gasteiger partial charge in [-0.1, -0.05) is 55.8 Å². The number of anilines is 1. The number of amides is 1. The van der Waals surface area contributed by atoms with E-state index in [1.54, 1.807) is 30.3 Å². The molecule has 2 aromatic carbocycles. The molecule has 0 aliphatic heterocycles. The van der Waals surface area contributed by atoms with Gasteiger partial charge in [0.25, 0.3) is 0 Å². The maximum Gasteiger partial charge on any atom is 0.338 e. The third-order valence-electron chi connectivity index (χ3n) is 3.82. The molecule has 0 aromatic heterocycles. The van der Waals surface area contributed by atoms with Crippen molar-refractivity contribution in [3.63, 3.8) is 0 Å². The van der Waals surface area contributed by atoms with Gasteiger partial charge in [0.2, 0.25) is 5.91 Å². The summed E-state index contributed by atoms with van der Waals surface area (Å²) in [6.45, 7) is 4.41. The van der Waals surface area contributed by atoms with Crippen molar-refractivity contribution in [2.75, 3.05) is 11.9 Å². The zero-order valence-electron chi connectivity index (χ0n) is 15.3. The molecule has 0 spiro atoms. The molecule has 2 aromatic rings. The van der Waals surface area contributed by atoms with Crippen LogP contribution in [0, 0.1) is 5.92 Å². The second-order valence-electron chi connectivity index (χ2n) is 6.53. The van der Waals surface area contributed by atoms with Crippen molar-refractivity contribution in [1.29, 1.82) is 0 Å². The van der Waals surface area contributed by atoms with Crippen LogP contribution in [0.2, 0.25) is 5.02 Å². The van der Waals surface area contributed by atoms with E-state index in [1.165, 1.54) is 18.2 Å². The molecule has 0 heterocycles. The minimum atomic E-state index is -0.504. The zero-order chi connectivity index (χ0) is 19.8. The molecule has 0 bridgehead atoms. The molecule has 6 heteroatoms. The molecule has 0 aliphatic carbocycles. The predicted molar refractivity (Wildman–Crippen MR) is 105 cm³/mol. The lowest BCUT2D eigenvalue weighted by Crippen LogP contribution is -2.17. The monoisotopic (exact) mass is 387 g/mol. The summed E-state index contributed by atoms with van der Waals surface area (Å²) in [6.07, 6.45) is 0.452. The summed E-state index contributed by atoms with van der Waals surface area (Å²) in [5.41, 5.74) is 1.01. The normalized spacial score (nSPS) is 10.5. The molecule has 0 fully saturated rings. The molecule has 1 N–H and O–H groups in total. The SMILES string of the molecule is CC(C)CCOC(=O)c1ccc(Cl)c(NC(=O)CC(=O)c2ccccc2)c1. The second-order valence-corrected chi connectivity index (χ2v) is 6.93. The third kappa shape index (κ3) is 6.53. The van der Waals surface area contributed by atoms with E-state index in [2.05, 4.69) is 5.32 Å². The van der Waals surface area contributed by atoms with Crippen molar-refractivity contribution in [3.8, 4) is 0 Å². The van der Waals surface area contributed by atoms with E-state index in [-0.39, 0.29) is 28.5 Å². The molecule has 0 saturated heterocycles. The Morgan fingerprint density at radius 2 is 1.74 bits per heavy atom. The fourth-order valence-corrected chi connectivity index (χ4v) is 2.45. The molecular formula is C21H22ClNO4. The first-order chi connectivity index (χ1) is 12.9. The minimum Gasteiger partial charge on any atom is -0.462 e. The largest absolute Gasteiger partial charge is 0.462 e. The summed E-state index contributed by atoms with van der Waals surface area (Å²) in [6, 6.07) is 13.0. The summed E-state index contributed by atoms with van der Waals surface area (Å²) < 4.78 is 5.21. The Bertz CT molecular complexity index is 818. The van der Waals surface area contributed by atoms with Gasteiger partial charge in [0.1, 0.15) is 0 Å². The Balaban J connectivity index is 2.00. The molecule has 0 atom stereocenters. The number of rotatable bonds is 8. The first kappa shape index (κ1) is 20.6. The Morgan fingerprint density at radius 3 is 2.41 bits per heavy atom. The highest BCUT2D eigenvalue weighted by Gasteiger charge is 2.15. The number of benzene rings is 2. The molecule has 142 valence electrons. The topological polar surface area (TPSA) is 72.5 Å². The molecule has 0 aliphatic rings. The molecule has 1 amide bonds. The average Bonchev–Trinajstić information content (AvgIpc) is 2.63. The van der Waals surface area contributed by atoms with Crippen LogP contribution in [0.5, 0.6) is 0 Å². The lowest BCUT2D eigenvalue weighted by molar-refractivity contribution is -0.115. The number of hydrogen-bond donors (Lipinski definition) is 1. The summed E-state index contributed by atoms with van der Waals surface area (Å²) in [7, 11) is 0. The Kier molecular flexibility index (Phi) is 7.55. The number of halogens is 1. The van der Waals surface area contributed by atoms with E-state index in [0.29, 0.717) is 18.1 Å². The fourth-order valence-electron chi connectivity index (χ4n) is 2.29. The minimum absolute atomic E-state index is 0.265. The standard InChI is InChI=1S/C21H22ClNO4/c1-14(2)10-11-27-21(26)16-8-9-17(22)18(12-16)23-20(25)13-19(24)15-6-4-3-5-7-15/h3-9,12,14H,10-11,13H2,1-2H3,(H,23,25). The summed E-state index contributed by atoms with van der Waals surface area (Å²) in [4.78, 5) is 36.4. The maximum absolute atomic E-state index is 12.2. The quantitative estimate of drug-likeness (QED) is 0.403. The van der Waals surface area contributed by atoms with E-state index in [9.17, 15) is 14.4 Å². The van der Waals surface area contributed by atoms with Gasteiger partial charge in [-0.05, 0) is 30.5 Å². The van der Waals surface area contributed by atoms with Crippen LogP contribution in [0.3, 0.4) is 0 Å². The predicted octanol–water partition coefficient (Wildman–Crippen LogP) is 4.75. The maximum atomic E-state index is 12.2. The van der Waals surface area contributed by atoms with E-state index in [0.717, 1.165) is 6.42 Å². The van der Waals surface area contributed by atoms with E-state index in [4.69, 9.17) is 16.3 Å². The van der Waals surface area contributed by atoms with Crippen LogP contribution in [-0.2, 0) is 9.53 Å². The van der Waals surface area contributed by atoms with Crippen molar-refractivity contribution in [2.45, 2.75) is 26.7 Å². The molecule has 0 unspecified atom stereocenters. The number of carbonyl (C=O) groups excluding carboxylic acids is 3. The first-order valence-electron chi connectivity index (χ1n) is 8.71. The van der Waals surface area contributed by atoms with Crippen molar-refractivity contribution in [3.05, 3.63) is 64.7 Å². The molecule has 27 heavy (non-hydrogen) atoms. The highest BCUT2D eigenvalue weighted by atomic mass is 35.5. The van der Waals surface area contributed by atoms with Gasteiger partial charge in [-0.2, -0.15) is 0 Å². The summed E-state index contributed by atoms with van der Waals surface area (Å²) in [5.74, 6) is -0.854. The van der Waals surface area contributed by atoms with E-state index < -0.39 is 11.9 Å². The van der Waals surface area contributed by atoms with Gasteiger partial charge in [0, 0.05) is 5.56 Å². The fraction of sp³-hybridized carbons (Fsp3) is 0.286. The summed E-state index contributed by atoms with van der Waals surface area (Å²) >= 11 is 6.09. The zero-order valence-corrected chi connectivity index (χ0v) is 16.1. The van der Waals surface area contributed by atoms with E-state index >= 15 is 0 Å². The van der Waals surface area contributed by atoms with Crippen molar-refractivity contribution >= 4 is 34.9 Å². The lowest BCUT2D eigenvalue weighted by Gasteiger charge is -2.10. The number of esters is 1. The second kappa shape index (κ2) is 9.88. The first-order valence-corrected chi connectivity index (χ1v) is 9.09. The molecule has 0 saturated carbocycles. The van der Waals surface area contributed by atoms with Gasteiger partial charge in [-0.25, -0.2) is 4.79 Å². The van der Waals surface area contributed by atoms with Crippen LogP contribution < -0.4 is 5.32 Å². The lowest BCUT2D eigenvalue weighted by atomic mass is 10.1.